The SMILES string of the molecule is C[N+](C)(C)CC(=O)N/N=C(\C(=O)NC1=C(Cl)C(=O)c2ccccc2C1=O)[C@H](C#N)c1nc(-c2ccc([N+](=O)[O-])cc2)cs1. The highest BCUT2D eigenvalue weighted by atomic mass is 35.5. The molecular weight excluding hydrogens is 598 g/mol. The van der Waals surface area contributed by atoms with Gasteiger partial charge in [0.1, 0.15) is 27.4 Å². The smallest absolute Gasteiger partial charge is 0.295 e. The van der Waals surface area contributed by atoms with Gasteiger partial charge in [-0.15, -0.1) is 11.3 Å². The molecule has 1 aliphatic carbocycles. The summed E-state index contributed by atoms with van der Waals surface area (Å²) in [5.74, 6) is -4.45. The summed E-state index contributed by atoms with van der Waals surface area (Å²) in [6, 6.07) is 13.5. The van der Waals surface area contributed by atoms with Crippen LogP contribution in [0.1, 0.15) is 31.6 Å². The van der Waals surface area contributed by atoms with Crippen molar-refractivity contribution in [2.75, 3.05) is 27.7 Å². The summed E-state index contributed by atoms with van der Waals surface area (Å²) in [5.41, 5.74) is 2.15. The molecule has 2 N–H and O–H groups in total. The molecule has 0 unspecified atom stereocenters. The van der Waals surface area contributed by atoms with E-state index in [1.807, 2.05) is 6.07 Å². The van der Waals surface area contributed by atoms with E-state index in [1.165, 1.54) is 36.4 Å². The molecule has 1 aromatic heterocycles. The van der Waals surface area contributed by atoms with Crippen LogP contribution in [0.2, 0.25) is 0 Å². The fraction of sp³-hybridized carbons (Fsp3) is 0.179. The number of nitro benzene ring substituents is 1. The minimum atomic E-state index is -1.43. The van der Waals surface area contributed by atoms with Gasteiger partial charge in [0.15, 0.2) is 6.54 Å². The van der Waals surface area contributed by atoms with Crippen molar-refractivity contribution in [1.82, 2.24) is 15.7 Å². The maximum Gasteiger partial charge on any atom is 0.295 e. The number of nitriles is 1. The summed E-state index contributed by atoms with van der Waals surface area (Å²) in [4.78, 5) is 66.9. The Labute approximate surface area is 253 Å². The number of hydrogen-bond acceptors (Lipinski definition) is 10. The molecule has 43 heavy (non-hydrogen) atoms. The summed E-state index contributed by atoms with van der Waals surface area (Å²) in [6.07, 6.45) is 0. The van der Waals surface area contributed by atoms with Crippen LogP contribution in [-0.4, -0.2) is 71.2 Å². The number of amides is 2. The molecule has 1 heterocycles. The molecule has 0 aliphatic heterocycles. The van der Waals surface area contributed by atoms with Gasteiger partial charge in [-0.3, -0.25) is 29.3 Å². The first kappa shape index (κ1) is 30.8. The van der Waals surface area contributed by atoms with Crippen LogP contribution in [0, 0.1) is 21.4 Å². The van der Waals surface area contributed by atoms with E-state index >= 15 is 0 Å². The van der Waals surface area contributed by atoms with Crippen molar-refractivity contribution in [3.05, 3.63) is 90.9 Å². The molecule has 0 spiro atoms. The second-order valence-electron chi connectivity index (χ2n) is 10.3. The lowest BCUT2D eigenvalue weighted by molar-refractivity contribution is -0.862. The van der Waals surface area contributed by atoms with Crippen LogP contribution in [0.25, 0.3) is 11.3 Å². The van der Waals surface area contributed by atoms with Crippen LogP contribution in [0.3, 0.4) is 0 Å². The number of non-ortho nitro benzene ring substituents is 1. The molecular formula is C28H23ClN7O6S+. The Kier molecular flexibility index (Phi) is 8.90. The molecule has 4 rings (SSSR count). The minimum Gasteiger partial charge on any atom is -0.323 e. The Hall–Kier alpha value is -5.10. The average molecular weight is 621 g/mol. The summed E-state index contributed by atoms with van der Waals surface area (Å²) >= 11 is 7.21. The van der Waals surface area contributed by atoms with E-state index in [0.717, 1.165) is 11.3 Å². The number of ketones is 2. The van der Waals surface area contributed by atoms with Crippen molar-refractivity contribution in [3.63, 3.8) is 0 Å². The van der Waals surface area contributed by atoms with Crippen molar-refractivity contribution in [2.24, 2.45) is 5.10 Å². The Morgan fingerprint density at radius 2 is 1.74 bits per heavy atom. The molecule has 1 aliphatic rings. The molecule has 15 heteroatoms. The number of hydrazone groups is 1. The fourth-order valence-corrected chi connectivity index (χ4v) is 5.12. The van der Waals surface area contributed by atoms with Gasteiger partial charge in [0.25, 0.3) is 17.5 Å². The first-order valence-corrected chi connectivity index (χ1v) is 13.7. The number of carbonyl (C=O) groups is 4. The third-order valence-electron chi connectivity index (χ3n) is 6.00. The summed E-state index contributed by atoms with van der Waals surface area (Å²) < 4.78 is 0.244. The number of hydrogen-bond donors (Lipinski definition) is 2. The quantitative estimate of drug-likeness (QED) is 0.158. The lowest BCUT2D eigenvalue weighted by atomic mass is 9.92. The highest BCUT2D eigenvalue weighted by molar-refractivity contribution is 7.10. The summed E-state index contributed by atoms with van der Waals surface area (Å²) in [5, 5.41) is 28.6. The molecule has 2 amide bonds. The Bertz CT molecular complexity index is 1770. The lowest BCUT2D eigenvalue weighted by Crippen LogP contribution is -2.44. The third kappa shape index (κ3) is 6.87. The van der Waals surface area contributed by atoms with E-state index in [4.69, 9.17) is 11.6 Å². The van der Waals surface area contributed by atoms with E-state index in [2.05, 4.69) is 20.8 Å². The van der Waals surface area contributed by atoms with Gasteiger partial charge < -0.3 is 9.80 Å². The van der Waals surface area contributed by atoms with Crippen LogP contribution in [0.15, 0.2) is 69.7 Å². The van der Waals surface area contributed by atoms with Crippen LogP contribution in [0.5, 0.6) is 0 Å². The summed E-state index contributed by atoms with van der Waals surface area (Å²) in [7, 11) is 5.30. The molecule has 0 fully saturated rings. The molecule has 1 atom stereocenters. The number of allylic oxidation sites excluding steroid dienone is 2. The molecule has 3 aromatic rings. The van der Waals surface area contributed by atoms with Crippen molar-refractivity contribution < 1.29 is 28.6 Å². The maximum absolute atomic E-state index is 13.6. The van der Waals surface area contributed by atoms with Gasteiger partial charge in [0.2, 0.25) is 11.6 Å². The van der Waals surface area contributed by atoms with Crippen LogP contribution < -0.4 is 10.7 Å². The number of nitro groups is 1. The number of halogens is 1. The highest BCUT2D eigenvalue weighted by Gasteiger charge is 2.35. The zero-order chi connectivity index (χ0) is 31.5. The van der Waals surface area contributed by atoms with Gasteiger partial charge in [-0.2, -0.15) is 10.4 Å². The van der Waals surface area contributed by atoms with Crippen LogP contribution >= 0.6 is 22.9 Å². The monoisotopic (exact) mass is 620 g/mol. The zero-order valence-corrected chi connectivity index (χ0v) is 24.5. The lowest BCUT2D eigenvalue weighted by Gasteiger charge is -2.22. The van der Waals surface area contributed by atoms with Gasteiger partial charge in [-0.1, -0.05) is 35.9 Å². The van der Waals surface area contributed by atoms with E-state index < -0.39 is 50.7 Å². The fourth-order valence-electron chi connectivity index (χ4n) is 4.01. The predicted molar refractivity (Wildman–Crippen MR) is 157 cm³/mol. The van der Waals surface area contributed by atoms with Gasteiger partial charge >= 0.3 is 0 Å². The number of fused-ring (bicyclic) bond motifs is 1. The molecule has 2 aromatic carbocycles. The number of quaternary nitrogens is 1. The number of Topliss-reactive ketones (excluding diaryl/α,β-unsaturated/α-hetero) is 2. The second kappa shape index (κ2) is 12.4. The van der Waals surface area contributed by atoms with E-state index in [0.29, 0.717) is 11.3 Å². The average Bonchev–Trinajstić information content (AvgIpc) is 3.45. The standard InChI is InChI=1S/C28H22ClN7O6S/c1-36(2,3)13-21(37)33-34-23(27(40)32-24-22(29)25(38)17-6-4-5-7-18(17)26(24)39)19(12-30)28-31-20(14-43-28)15-8-10-16(11-9-15)35(41)42/h4-11,14,19H,13H2,1-3H3,(H-,32,33,37,38,40)/p+1/t19-/m0/s1. The van der Waals surface area contributed by atoms with E-state index in [1.54, 1.807) is 38.7 Å². The number of nitrogens with one attached hydrogen (secondary N) is 2. The number of benzene rings is 2. The highest BCUT2D eigenvalue weighted by Crippen LogP contribution is 2.30. The van der Waals surface area contributed by atoms with Crippen LogP contribution in [0.4, 0.5) is 5.69 Å². The Balaban J connectivity index is 1.69. The molecule has 0 bridgehead atoms. The molecule has 0 saturated heterocycles. The molecule has 0 radical (unpaired) electrons. The van der Waals surface area contributed by atoms with Gasteiger partial charge in [0.05, 0.1) is 37.8 Å². The number of carbonyl (C=O) groups excluding carboxylic acids is 4. The number of thiazole rings is 1. The van der Waals surface area contributed by atoms with Crippen molar-refractivity contribution in [3.8, 4) is 17.3 Å². The van der Waals surface area contributed by atoms with Gasteiger partial charge in [-0.05, 0) is 12.1 Å². The van der Waals surface area contributed by atoms with Crippen molar-refractivity contribution in [2.45, 2.75) is 5.92 Å². The molecule has 218 valence electrons. The topological polar surface area (TPSA) is 185 Å². The first-order valence-electron chi connectivity index (χ1n) is 12.5. The maximum atomic E-state index is 13.6. The number of aromatic nitrogens is 1. The number of nitrogens with zero attached hydrogens (tertiary/aromatic N) is 5. The van der Waals surface area contributed by atoms with E-state index in [9.17, 15) is 34.6 Å². The molecule has 13 nitrogen and oxygen atoms in total. The number of likely N-dealkylation sites (N-methyl/N-ethyl adjacent to an activating group) is 1. The number of rotatable bonds is 9. The van der Waals surface area contributed by atoms with E-state index in [-0.39, 0.29) is 32.8 Å². The third-order valence-corrected chi connectivity index (χ3v) is 7.27. The van der Waals surface area contributed by atoms with Crippen LogP contribution in [-0.2, 0) is 9.59 Å². The van der Waals surface area contributed by atoms with Gasteiger partial charge in [-0.25, -0.2) is 10.4 Å². The zero-order valence-electron chi connectivity index (χ0n) is 23.0. The molecule has 0 saturated carbocycles. The first-order chi connectivity index (χ1) is 20.3. The largest absolute Gasteiger partial charge is 0.323 e. The Morgan fingerprint density at radius 3 is 2.33 bits per heavy atom. The van der Waals surface area contributed by atoms with Gasteiger partial charge in [0, 0.05) is 34.2 Å². The Morgan fingerprint density at radius 1 is 1.12 bits per heavy atom. The van der Waals surface area contributed by atoms with Crippen molar-refractivity contribution >= 4 is 57.7 Å². The minimum absolute atomic E-state index is 0.0160. The van der Waals surface area contributed by atoms with Crippen molar-refractivity contribution in [1.29, 1.82) is 5.26 Å². The summed E-state index contributed by atoms with van der Waals surface area (Å²) in [6.45, 7) is -0.0160. The predicted octanol–water partition coefficient (Wildman–Crippen LogP) is 3.15. The normalized spacial score (nSPS) is 14.1. The second-order valence-corrected chi connectivity index (χ2v) is 11.5.